The molecule has 2 heterocycles. The van der Waals surface area contributed by atoms with Gasteiger partial charge in [0.1, 0.15) is 6.07 Å². The number of carbonyl (C=O) groups excluding carboxylic acids is 2. The third-order valence-electron chi connectivity index (χ3n) is 7.12. The van der Waals surface area contributed by atoms with E-state index in [0.717, 1.165) is 63.7 Å². The smallest absolute Gasteiger partial charge is 0.411 e. The summed E-state index contributed by atoms with van der Waals surface area (Å²) in [5.41, 5.74) is 1.37. The van der Waals surface area contributed by atoms with E-state index < -0.39 is 11.5 Å². The second-order valence-electron chi connectivity index (χ2n) is 8.98. The van der Waals surface area contributed by atoms with Crippen LogP contribution in [0.1, 0.15) is 50.5 Å². The van der Waals surface area contributed by atoms with Crippen molar-refractivity contribution in [2.24, 2.45) is 5.41 Å². The van der Waals surface area contributed by atoms with Gasteiger partial charge in [-0.3, -0.25) is 10.1 Å². The molecule has 1 aromatic carbocycles. The highest BCUT2D eigenvalue weighted by Crippen LogP contribution is 2.44. The molecular weight excluding hydrogens is 396 g/mol. The molecule has 0 aromatic heterocycles. The Morgan fingerprint density at radius 2 is 2.03 bits per heavy atom. The van der Waals surface area contributed by atoms with Crippen molar-refractivity contribution in [3.63, 3.8) is 0 Å². The van der Waals surface area contributed by atoms with Gasteiger partial charge in [-0.15, -0.1) is 0 Å². The number of anilines is 2. The number of nitriles is 1. The summed E-state index contributed by atoms with van der Waals surface area (Å²) in [4.78, 5) is 29.2. The average molecular weight is 427 g/mol. The van der Waals surface area contributed by atoms with Crippen LogP contribution in [-0.4, -0.2) is 60.9 Å². The van der Waals surface area contributed by atoms with Crippen LogP contribution in [0, 0.1) is 16.7 Å². The number of nitrogens with zero attached hydrogens (tertiary/aromatic N) is 3. The topological polar surface area (TPSA) is 106 Å². The number of ether oxygens (including phenoxy) is 1. The van der Waals surface area contributed by atoms with Crippen molar-refractivity contribution in [3.8, 4) is 6.07 Å². The number of aliphatic hydroxyl groups excluding tert-OH is 1. The van der Waals surface area contributed by atoms with Gasteiger partial charge in [-0.2, -0.15) is 5.26 Å². The molecule has 1 saturated carbocycles. The van der Waals surface area contributed by atoms with Gasteiger partial charge in [0.25, 0.3) is 0 Å². The summed E-state index contributed by atoms with van der Waals surface area (Å²) in [7, 11) is 1.29. The first kappa shape index (κ1) is 21.4. The number of rotatable bonds is 3. The van der Waals surface area contributed by atoms with Crippen LogP contribution in [0.5, 0.6) is 0 Å². The van der Waals surface area contributed by atoms with Gasteiger partial charge < -0.3 is 19.6 Å². The molecule has 2 saturated heterocycles. The van der Waals surface area contributed by atoms with Crippen molar-refractivity contribution in [1.29, 1.82) is 5.26 Å². The van der Waals surface area contributed by atoms with Gasteiger partial charge in [0.05, 0.1) is 29.9 Å². The zero-order valence-corrected chi connectivity index (χ0v) is 18.0. The Morgan fingerprint density at radius 1 is 1.26 bits per heavy atom. The van der Waals surface area contributed by atoms with Gasteiger partial charge in [-0.05, 0) is 63.1 Å². The maximum atomic E-state index is 13.5. The van der Waals surface area contributed by atoms with Gasteiger partial charge in [0.15, 0.2) is 0 Å². The van der Waals surface area contributed by atoms with Crippen LogP contribution in [0.2, 0.25) is 0 Å². The molecule has 4 rings (SSSR count). The quantitative estimate of drug-likeness (QED) is 0.770. The SMILES string of the molecule is COC(=O)Nc1ccc(N2CCCC3(CCN(C4CCC(O)CC4)C3=O)C2)c(C#N)c1. The fraction of sp³-hybridized carbons (Fsp3) is 0.609. The lowest BCUT2D eigenvalue weighted by atomic mass is 9.78. The number of hydrogen-bond donors (Lipinski definition) is 2. The van der Waals surface area contributed by atoms with Crippen LogP contribution in [0.15, 0.2) is 18.2 Å². The number of methoxy groups -OCH3 is 1. The molecule has 166 valence electrons. The molecule has 2 aliphatic heterocycles. The Balaban J connectivity index is 1.50. The monoisotopic (exact) mass is 426 g/mol. The molecule has 2 N–H and O–H groups in total. The third kappa shape index (κ3) is 4.19. The molecule has 3 aliphatic rings. The van der Waals surface area contributed by atoms with E-state index in [0.29, 0.717) is 17.8 Å². The van der Waals surface area contributed by atoms with E-state index in [-0.39, 0.29) is 18.1 Å². The summed E-state index contributed by atoms with van der Waals surface area (Å²) >= 11 is 0. The predicted molar refractivity (Wildman–Crippen MR) is 116 cm³/mol. The molecule has 1 aromatic rings. The highest BCUT2D eigenvalue weighted by Gasteiger charge is 2.50. The molecule has 0 radical (unpaired) electrons. The summed E-state index contributed by atoms with van der Waals surface area (Å²) in [6.07, 6.45) is 5.09. The number of hydrogen-bond acceptors (Lipinski definition) is 6. The first-order chi connectivity index (χ1) is 15.0. The summed E-state index contributed by atoms with van der Waals surface area (Å²) in [6, 6.07) is 7.70. The Morgan fingerprint density at radius 3 is 2.74 bits per heavy atom. The molecule has 0 bridgehead atoms. The van der Waals surface area contributed by atoms with Gasteiger partial charge in [0.2, 0.25) is 5.91 Å². The average Bonchev–Trinajstić information content (AvgIpc) is 3.09. The van der Waals surface area contributed by atoms with E-state index in [9.17, 15) is 20.0 Å². The largest absolute Gasteiger partial charge is 0.453 e. The van der Waals surface area contributed by atoms with Crippen LogP contribution < -0.4 is 10.2 Å². The summed E-state index contributed by atoms with van der Waals surface area (Å²) in [5.74, 6) is 0.237. The Labute approximate surface area is 182 Å². The van der Waals surface area contributed by atoms with E-state index in [1.165, 1.54) is 7.11 Å². The molecule has 3 fully saturated rings. The van der Waals surface area contributed by atoms with Crippen molar-refractivity contribution in [3.05, 3.63) is 23.8 Å². The fourth-order valence-electron chi connectivity index (χ4n) is 5.43. The number of nitrogens with one attached hydrogen (secondary N) is 1. The predicted octanol–water partition coefficient (Wildman–Crippen LogP) is 2.86. The van der Waals surface area contributed by atoms with Crippen molar-refractivity contribution in [1.82, 2.24) is 4.90 Å². The number of amides is 2. The summed E-state index contributed by atoms with van der Waals surface area (Å²) in [6.45, 7) is 2.18. The van der Waals surface area contributed by atoms with E-state index in [1.807, 2.05) is 6.07 Å². The number of aliphatic hydroxyl groups is 1. The van der Waals surface area contributed by atoms with E-state index in [2.05, 4.69) is 25.9 Å². The molecule has 8 heteroatoms. The molecule has 2 amide bonds. The van der Waals surface area contributed by atoms with Crippen molar-refractivity contribution in [2.75, 3.05) is 37.0 Å². The van der Waals surface area contributed by atoms with Gasteiger partial charge in [0, 0.05) is 31.4 Å². The standard InChI is InChI=1S/C23H30N4O4/c1-31-22(30)25-17-3-8-20(16(13-17)14-24)26-11-2-9-23(15-26)10-12-27(21(23)29)18-4-6-19(28)7-5-18/h3,8,13,18-19,28H,2,4-7,9-12,15H2,1H3,(H,25,30). The van der Waals surface area contributed by atoms with Crippen molar-refractivity contribution in [2.45, 2.75) is 57.1 Å². The molecule has 31 heavy (non-hydrogen) atoms. The third-order valence-corrected chi connectivity index (χ3v) is 7.12. The van der Waals surface area contributed by atoms with Gasteiger partial charge in [-0.1, -0.05) is 0 Å². The molecule has 1 spiro atoms. The maximum Gasteiger partial charge on any atom is 0.411 e. The second kappa shape index (κ2) is 8.75. The van der Waals surface area contributed by atoms with Crippen LogP contribution in [-0.2, 0) is 9.53 Å². The lowest BCUT2D eigenvalue weighted by Gasteiger charge is -2.41. The first-order valence-corrected chi connectivity index (χ1v) is 11.1. The summed E-state index contributed by atoms with van der Waals surface area (Å²) < 4.78 is 4.62. The van der Waals surface area contributed by atoms with Crippen LogP contribution in [0.3, 0.4) is 0 Å². The highest BCUT2D eigenvalue weighted by molar-refractivity contribution is 5.87. The van der Waals surface area contributed by atoms with E-state index in [1.54, 1.807) is 12.1 Å². The maximum absolute atomic E-state index is 13.5. The Kier molecular flexibility index (Phi) is 6.05. The lowest BCUT2D eigenvalue weighted by Crippen LogP contribution is -2.50. The number of likely N-dealkylation sites (tertiary alicyclic amines) is 1. The normalized spacial score (nSPS) is 28.5. The van der Waals surface area contributed by atoms with Crippen LogP contribution >= 0.6 is 0 Å². The van der Waals surface area contributed by atoms with Gasteiger partial charge in [-0.25, -0.2) is 4.79 Å². The first-order valence-electron chi connectivity index (χ1n) is 11.1. The zero-order chi connectivity index (χ0) is 22.0. The van der Waals surface area contributed by atoms with E-state index in [4.69, 9.17) is 0 Å². The minimum Gasteiger partial charge on any atom is -0.453 e. The molecule has 1 unspecified atom stereocenters. The lowest BCUT2D eigenvalue weighted by molar-refractivity contribution is -0.139. The summed E-state index contributed by atoms with van der Waals surface area (Å²) in [5, 5.41) is 22.1. The molecule has 8 nitrogen and oxygen atoms in total. The van der Waals surface area contributed by atoms with Crippen LogP contribution in [0.25, 0.3) is 0 Å². The van der Waals surface area contributed by atoms with E-state index >= 15 is 0 Å². The van der Waals surface area contributed by atoms with Crippen molar-refractivity contribution < 1.29 is 19.4 Å². The number of piperidine rings is 1. The zero-order valence-electron chi connectivity index (χ0n) is 18.0. The fourth-order valence-corrected chi connectivity index (χ4v) is 5.43. The Bertz CT molecular complexity index is 890. The van der Waals surface area contributed by atoms with Gasteiger partial charge >= 0.3 is 6.09 Å². The highest BCUT2D eigenvalue weighted by atomic mass is 16.5. The minimum absolute atomic E-state index is 0.228. The Hall–Kier alpha value is -2.79. The molecule has 1 aliphatic carbocycles. The van der Waals surface area contributed by atoms with Crippen LogP contribution in [0.4, 0.5) is 16.2 Å². The number of carbonyl (C=O) groups is 2. The molecule has 1 atom stereocenters. The second-order valence-corrected chi connectivity index (χ2v) is 8.98. The minimum atomic E-state index is -0.583. The van der Waals surface area contributed by atoms with Crippen molar-refractivity contribution >= 4 is 23.4 Å². The number of benzene rings is 1. The molecular formula is C23H30N4O4.